The van der Waals surface area contributed by atoms with E-state index in [1.54, 1.807) is 20.8 Å². The second kappa shape index (κ2) is 7.88. The van der Waals surface area contributed by atoms with E-state index in [1.807, 2.05) is 6.20 Å². The first-order valence-corrected chi connectivity index (χ1v) is 8.76. The molecule has 2 aromatic rings. The van der Waals surface area contributed by atoms with Crippen molar-refractivity contribution in [2.75, 3.05) is 12.3 Å². The summed E-state index contributed by atoms with van der Waals surface area (Å²) in [6.45, 7) is 5.64. The lowest BCUT2D eigenvalue weighted by Gasteiger charge is -2.18. The van der Waals surface area contributed by atoms with E-state index in [2.05, 4.69) is 20.3 Å². The largest absolute Gasteiger partial charge is 0.510 e. The lowest BCUT2D eigenvalue weighted by atomic mass is 10.1. The summed E-state index contributed by atoms with van der Waals surface area (Å²) in [6.07, 6.45) is 3.69. The van der Waals surface area contributed by atoms with Crippen molar-refractivity contribution in [1.82, 2.24) is 20.3 Å². The van der Waals surface area contributed by atoms with Crippen LogP contribution in [0.1, 0.15) is 45.2 Å². The van der Waals surface area contributed by atoms with Gasteiger partial charge in [0, 0.05) is 23.8 Å². The van der Waals surface area contributed by atoms with Crippen LogP contribution in [0.5, 0.6) is 0 Å². The van der Waals surface area contributed by atoms with Gasteiger partial charge in [-0.25, -0.2) is 14.8 Å². The quantitative estimate of drug-likeness (QED) is 0.527. The number of nitrogens with zero attached hydrogens (tertiary/aromatic N) is 2. The minimum absolute atomic E-state index is 0.161. The molecule has 0 aliphatic carbocycles. The van der Waals surface area contributed by atoms with Crippen LogP contribution < -0.4 is 11.1 Å². The number of aromatic nitrogens is 3. The molecule has 0 aromatic carbocycles. The zero-order valence-electron chi connectivity index (χ0n) is 15.2. The third kappa shape index (κ3) is 4.23. The summed E-state index contributed by atoms with van der Waals surface area (Å²) >= 11 is 0. The number of nitrogens with one attached hydrogen (secondary N) is 2. The van der Waals surface area contributed by atoms with Crippen molar-refractivity contribution in [3.8, 4) is 0 Å². The van der Waals surface area contributed by atoms with Crippen molar-refractivity contribution in [3.05, 3.63) is 18.1 Å². The van der Waals surface area contributed by atoms with Gasteiger partial charge in [0.05, 0.1) is 18.2 Å². The van der Waals surface area contributed by atoms with E-state index in [0.717, 1.165) is 29.4 Å². The van der Waals surface area contributed by atoms with Gasteiger partial charge >= 0.3 is 6.16 Å². The SMILES string of the molecule is CC(C)OC(=O)OC(C)OCC1CCC(c2c[nH]c3c(N)ncnc23)N1. The summed E-state index contributed by atoms with van der Waals surface area (Å²) < 4.78 is 15.6. The zero-order chi connectivity index (χ0) is 18.7. The maximum Gasteiger partial charge on any atom is 0.510 e. The Kier molecular flexibility index (Phi) is 5.58. The molecule has 0 radical (unpaired) electrons. The first-order chi connectivity index (χ1) is 12.4. The third-order valence-corrected chi connectivity index (χ3v) is 4.26. The molecule has 9 heteroatoms. The van der Waals surface area contributed by atoms with Gasteiger partial charge in [-0.05, 0) is 33.6 Å². The van der Waals surface area contributed by atoms with Gasteiger partial charge < -0.3 is 30.2 Å². The van der Waals surface area contributed by atoms with Gasteiger partial charge in [0.2, 0.25) is 6.29 Å². The van der Waals surface area contributed by atoms with E-state index >= 15 is 0 Å². The van der Waals surface area contributed by atoms with Crippen LogP contribution in [0, 0.1) is 0 Å². The van der Waals surface area contributed by atoms with Crippen LogP contribution in [-0.2, 0) is 14.2 Å². The normalized spacial score (nSPS) is 21.2. The number of nitrogen functional groups attached to an aromatic ring is 1. The highest BCUT2D eigenvalue weighted by Crippen LogP contribution is 2.31. The summed E-state index contributed by atoms with van der Waals surface area (Å²) in [5.74, 6) is 0.443. The van der Waals surface area contributed by atoms with Crippen molar-refractivity contribution in [3.63, 3.8) is 0 Å². The molecule has 3 unspecified atom stereocenters. The molecule has 26 heavy (non-hydrogen) atoms. The predicted octanol–water partition coefficient (Wildman–Crippen LogP) is 2.26. The molecule has 3 atom stereocenters. The van der Waals surface area contributed by atoms with Gasteiger partial charge in [0.1, 0.15) is 11.8 Å². The number of ether oxygens (including phenoxy) is 3. The summed E-state index contributed by atoms with van der Waals surface area (Å²) in [4.78, 5) is 22.9. The molecule has 4 N–H and O–H groups in total. The number of fused-ring (bicyclic) bond motifs is 1. The summed E-state index contributed by atoms with van der Waals surface area (Å²) in [5, 5.41) is 3.53. The number of rotatable bonds is 6. The second-order valence-electron chi connectivity index (χ2n) is 6.66. The lowest BCUT2D eigenvalue weighted by Crippen LogP contribution is -2.31. The van der Waals surface area contributed by atoms with Crippen LogP contribution in [0.2, 0.25) is 0 Å². The van der Waals surface area contributed by atoms with Gasteiger partial charge in [-0.2, -0.15) is 0 Å². The van der Waals surface area contributed by atoms with Crippen molar-refractivity contribution in [1.29, 1.82) is 0 Å². The smallest absolute Gasteiger partial charge is 0.432 e. The number of hydrogen-bond acceptors (Lipinski definition) is 8. The Hall–Kier alpha value is -2.39. The molecular weight excluding hydrogens is 338 g/mol. The Balaban J connectivity index is 1.51. The number of carbonyl (C=O) groups excluding carboxylic acids is 1. The Morgan fingerprint density at radius 3 is 2.88 bits per heavy atom. The molecule has 1 saturated heterocycles. The average Bonchev–Trinajstić information content (AvgIpc) is 3.19. The highest BCUT2D eigenvalue weighted by atomic mass is 16.8. The number of aromatic amines is 1. The summed E-state index contributed by atoms with van der Waals surface area (Å²) in [7, 11) is 0. The number of nitrogens with two attached hydrogens (primary N) is 1. The van der Waals surface area contributed by atoms with Crippen LogP contribution in [0.3, 0.4) is 0 Å². The average molecular weight is 363 g/mol. The van der Waals surface area contributed by atoms with E-state index in [1.165, 1.54) is 6.33 Å². The van der Waals surface area contributed by atoms with Crippen LogP contribution in [0.25, 0.3) is 11.0 Å². The van der Waals surface area contributed by atoms with Gasteiger partial charge in [-0.1, -0.05) is 0 Å². The van der Waals surface area contributed by atoms with Crippen LogP contribution >= 0.6 is 0 Å². The highest BCUT2D eigenvalue weighted by Gasteiger charge is 2.28. The fraction of sp³-hybridized carbons (Fsp3) is 0.588. The van der Waals surface area contributed by atoms with Crippen molar-refractivity contribution in [2.45, 2.75) is 58.1 Å². The number of hydrogen-bond donors (Lipinski definition) is 3. The Bertz CT molecular complexity index is 763. The van der Waals surface area contributed by atoms with Crippen molar-refractivity contribution < 1.29 is 19.0 Å². The molecule has 0 saturated carbocycles. The van der Waals surface area contributed by atoms with E-state index in [9.17, 15) is 4.79 Å². The van der Waals surface area contributed by atoms with E-state index < -0.39 is 12.4 Å². The number of H-pyrrole nitrogens is 1. The molecule has 9 nitrogen and oxygen atoms in total. The molecule has 1 aliphatic rings. The molecule has 1 aliphatic heterocycles. The van der Waals surface area contributed by atoms with Crippen LogP contribution in [-0.4, -0.2) is 46.2 Å². The molecule has 1 fully saturated rings. The first-order valence-electron chi connectivity index (χ1n) is 8.76. The summed E-state index contributed by atoms with van der Waals surface area (Å²) in [5.41, 5.74) is 8.54. The highest BCUT2D eigenvalue weighted by molar-refractivity contribution is 5.87. The first kappa shape index (κ1) is 18.4. The molecule has 0 bridgehead atoms. The van der Waals surface area contributed by atoms with E-state index in [0.29, 0.717) is 12.4 Å². The molecular formula is C17H25N5O4. The van der Waals surface area contributed by atoms with Gasteiger partial charge in [-0.3, -0.25) is 0 Å². The van der Waals surface area contributed by atoms with Gasteiger partial charge in [-0.15, -0.1) is 0 Å². The van der Waals surface area contributed by atoms with E-state index in [4.69, 9.17) is 19.9 Å². The second-order valence-corrected chi connectivity index (χ2v) is 6.66. The Morgan fingerprint density at radius 1 is 1.31 bits per heavy atom. The lowest BCUT2D eigenvalue weighted by molar-refractivity contribution is -0.118. The number of carbonyl (C=O) groups is 1. The Morgan fingerprint density at radius 2 is 2.12 bits per heavy atom. The zero-order valence-corrected chi connectivity index (χ0v) is 15.2. The minimum atomic E-state index is -0.721. The minimum Gasteiger partial charge on any atom is -0.432 e. The molecule has 2 aromatic heterocycles. The molecule has 142 valence electrons. The van der Waals surface area contributed by atoms with Crippen LogP contribution in [0.4, 0.5) is 10.6 Å². The van der Waals surface area contributed by atoms with E-state index in [-0.39, 0.29) is 18.2 Å². The Labute approximate surface area is 151 Å². The molecule has 3 rings (SSSR count). The standard InChI is InChI=1S/C17H25N5O4/c1-9(2)25-17(23)26-10(3)24-7-11-4-5-13(22-11)12-6-19-15-14(12)20-8-21-16(15)18/h6,8-11,13,19,22H,4-5,7H2,1-3H3,(H2,18,20,21). The fourth-order valence-corrected chi connectivity index (χ4v) is 3.08. The maximum absolute atomic E-state index is 11.5. The van der Waals surface area contributed by atoms with Crippen molar-refractivity contribution in [2.24, 2.45) is 0 Å². The fourth-order valence-electron chi connectivity index (χ4n) is 3.08. The molecule has 3 heterocycles. The molecule has 0 amide bonds. The summed E-state index contributed by atoms with van der Waals surface area (Å²) in [6, 6.07) is 0.324. The topological polar surface area (TPSA) is 124 Å². The van der Waals surface area contributed by atoms with Crippen LogP contribution in [0.15, 0.2) is 12.5 Å². The number of anilines is 1. The maximum atomic E-state index is 11.5. The van der Waals surface area contributed by atoms with Gasteiger partial charge in [0.15, 0.2) is 5.82 Å². The predicted molar refractivity (Wildman–Crippen MR) is 95.3 cm³/mol. The van der Waals surface area contributed by atoms with Gasteiger partial charge in [0.25, 0.3) is 0 Å². The monoisotopic (exact) mass is 363 g/mol. The molecule has 0 spiro atoms. The van der Waals surface area contributed by atoms with Crippen molar-refractivity contribution >= 4 is 23.0 Å². The third-order valence-electron chi connectivity index (χ3n) is 4.26.